The van der Waals surface area contributed by atoms with E-state index in [4.69, 9.17) is 24.8 Å². The predicted octanol–water partition coefficient (Wildman–Crippen LogP) is 10.8. The van der Waals surface area contributed by atoms with E-state index in [9.17, 15) is 23.8 Å². The maximum absolute atomic E-state index is 12.6. The first-order chi connectivity index (χ1) is 26.1. The third-order valence-corrected chi connectivity index (χ3v) is 9.81. The predicted molar refractivity (Wildman–Crippen MR) is 217 cm³/mol. The van der Waals surface area contributed by atoms with Gasteiger partial charge in [-0.15, -0.1) is 0 Å². The summed E-state index contributed by atoms with van der Waals surface area (Å²) in [6.45, 7) is 2.74. The topological polar surface area (TPSA) is 172 Å². The molecular weight excluding hydrogens is 709 g/mol. The SMILES string of the molecule is CCCCCCCC/C=C/C/C=C/CCCCC(=O)O[C@H](COC(=O)CCCCCCC/C=C/CCCCCCCC)COP(=O)(O)OC[C@H](N)C(=O)O. The largest absolute Gasteiger partial charge is 0.480 e. The average molecular weight is 786 g/mol. The zero-order chi connectivity index (χ0) is 40.0. The fourth-order valence-corrected chi connectivity index (χ4v) is 6.28. The number of phosphoric acid groups is 1. The molecule has 0 aromatic heterocycles. The minimum Gasteiger partial charge on any atom is -0.480 e. The molecule has 0 aromatic carbocycles. The highest BCUT2D eigenvalue weighted by Gasteiger charge is 2.28. The lowest BCUT2D eigenvalue weighted by Gasteiger charge is -2.20. The Hall–Kier alpha value is -2.30. The molecule has 4 N–H and O–H groups in total. The molecule has 0 bridgehead atoms. The van der Waals surface area contributed by atoms with Gasteiger partial charge in [-0.05, 0) is 70.6 Å². The van der Waals surface area contributed by atoms with E-state index >= 15 is 0 Å². The lowest BCUT2D eigenvalue weighted by Crippen LogP contribution is -2.34. The average Bonchev–Trinajstić information content (AvgIpc) is 3.14. The zero-order valence-corrected chi connectivity index (χ0v) is 34.7. The van der Waals surface area contributed by atoms with Crippen molar-refractivity contribution in [2.24, 2.45) is 5.73 Å². The summed E-state index contributed by atoms with van der Waals surface area (Å²) >= 11 is 0. The number of hydrogen-bond acceptors (Lipinski definition) is 9. The number of carbonyl (C=O) groups excluding carboxylic acids is 2. The van der Waals surface area contributed by atoms with Gasteiger partial charge in [0.25, 0.3) is 0 Å². The van der Waals surface area contributed by atoms with E-state index in [-0.39, 0.29) is 19.4 Å². The van der Waals surface area contributed by atoms with Crippen LogP contribution in [-0.4, -0.2) is 59.9 Å². The summed E-state index contributed by atoms with van der Waals surface area (Å²) in [5.41, 5.74) is 5.32. The highest BCUT2D eigenvalue weighted by Crippen LogP contribution is 2.43. The van der Waals surface area contributed by atoms with Crippen molar-refractivity contribution in [1.82, 2.24) is 0 Å². The number of carboxylic acid groups (broad SMARTS) is 1. The Balaban J connectivity index is 4.46. The van der Waals surface area contributed by atoms with E-state index in [0.717, 1.165) is 64.2 Å². The van der Waals surface area contributed by atoms with Crippen LogP contribution >= 0.6 is 7.82 Å². The fourth-order valence-electron chi connectivity index (χ4n) is 5.50. The third-order valence-electron chi connectivity index (χ3n) is 8.86. The standard InChI is InChI=1S/C42H76NO10P/c1-3-5-7-9-11-13-15-17-19-21-23-25-27-29-31-33-40(44)50-35-38(36-51-54(48,49)52-37-39(43)42(46)47)53-41(45)34-32-30-28-26-24-22-20-18-16-14-12-10-8-6-4-2/h17-20,24,26,38-39H,3-16,21-23,25,27-37,43H2,1-2H3,(H,46,47)(H,48,49)/b19-17+,20-18+,26-24+/t38-,39+/m1/s1. The summed E-state index contributed by atoms with van der Waals surface area (Å²) in [4.78, 5) is 45.9. The Labute approximate surface area is 327 Å². The van der Waals surface area contributed by atoms with Gasteiger partial charge in [0, 0.05) is 12.8 Å². The summed E-state index contributed by atoms with van der Waals surface area (Å²) in [6.07, 6.45) is 39.3. The normalized spacial score (nSPS) is 14.1. The quantitative estimate of drug-likeness (QED) is 0.0234. The number of allylic oxidation sites excluding steroid dienone is 6. The van der Waals surface area contributed by atoms with Gasteiger partial charge in [0.15, 0.2) is 6.10 Å². The summed E-state index contributed by atoms with van der Waals surface area (Å²) in [6, 6.07) is -1.53. The number of carbonyl (C=O) groups is 3. The van der Waals surface area contributed by atoms with Crippen LogP contribution in [0.1, 0.15) is 181 Å². The van der Waals surface area contributed by atoms with E-state index in [0.29, 0.717) is 12.8 Å². The molecule has 0 aliphatic rings. The molecule has 0 saturated heterocycles. The molecule has 0 aliphatic heterocycles. The van der Waals surface area contributed by atoms with E-state index in [1.807, 2.05) is 0 Å². The summed E-state index contributed by atoms with van der Waals surface area (Å²) < 4.78 is 32.6. The first-order valence-electron chi connectivity index (χ1n) is 21.0. The van der Waals surface area contributed by atoms with Crippen LogP contribution in [0.2, 0.25) is 0 Å². The number of nitrogens with two attached hydrogens (primary N) is 1. The van der Waals surface area contributed by atoms with Crippen LogP contribution in [0.25, 0.3) is 0 Å². The summed E-state index contributed by atoms with van der Waals surface area (Å²) in [5, 5.41) is 8.87. The highest BCUT2D eigenvalue weighted by atomic mass is 31.2. The first-order valence-corrected chi connectivity index (χ1v) is 22.5. The Kier molecular flexibility index (Phi) is 36.0. The monoisotopic (exact) mass is 786 g/mol. The summed E-state index contributed by atoms with van der Waals surface area (Å²) in [5.74, 6) is -2.43. The Morgan fingerprint density at radius 1 is 0.574 bits per heavy atom. The van der Waals surface area contributed by atoms with Crippen molar-refractivity contribution in [3.8, 4) is 0 Å². The van der Waals surface area contributed by atoms with Gasteiger partial charge in [0.1, 0.15) is 12.6 Å². The number of carboxylic acids is 1. The second-order valence-corrected chi connectivity index (χ2v) is 15.6. The number of aliphatic carboxylic acids is 1. The molecule has 0 fully saturated rings. The number of ether oxygens (including phenoxy) is 2. The number of esters is 2. The van der Waals surface area contributed by atoms with E-state index in [1.54, 1.807) is 0 Å². The molecule has 0 radical (unpaired) electrons. The van der Waals surface area contributed by atoms with Crippen molar-refractivity contribution >= 4 is 25.7 Å². The van der Waals surface area contributed by atoms with Crippen LogP contribution in [0.5, 0.6) is 0 Å². The molecule has 314 valence electrons. The second-order valence-electron chi connectivity index (χ2n) is 14.1. The lowest BCUT2D eigenvalue weighted by atomic mass is 10.1. The number of unbranched alkanes of at least 4 members (excludes halogenated alkanes) is 19. The Morgan fingerprint density at radius 3 is 1.50 bits per heavy atom. The van der Waals surface area contributed by atoms with E-state index < -0.39 is 51.1 Å². The summed E-state index contributed by atoms with van der Waals surface area (Å²) in [7, 11) is -4.72. The van der Waals surface area contributed by atoms with Crippen molar-refractivity contribution in [1.29, 1.82) is 0 Å². The zero-order valence-electron chi connectivity index (χ0n) is 33.8. The molecule has 0 heterocycles. The van der Waals surface area contributed by atoms with Crippen LogP contribution in [-0.2, 0) is 37.5 Å². The lowest BCUT2D eigenvalue weighted by molar-refractivity contribution is -0.161. The van der Waals surface area contributed by atoms with Crippen molar-refractivity contribution in [2.75, 3.05) is 19.8 Å². The number of hydrogen-bond donors (Lipinski definition) is 3. The van der Waals surface area contributed by atoms with Crippen molar-refractivity contribution in [3.05, 3.63) is 36.5 Å². The molecule has 0 aliphatic carbocycles. The molecule has 1 unspecified atom stereocenters. The molecule has 3 atom stereocenters. The molecule has 0 rings (SSSR count). The molecule has 11 nitrogen and oxygen atoms in total. The second kappa shape index (κ2) is 37.6. The molecule has 12 heteroatoms. The van der Waals surface area contributed by atoms with Gasteiger partial charge in [0.05, 0.1) is 13.2 Å². The number of rotatable bonds is 39. The van der Waals surface area contributed by atoms with Crippen LogP contribution < -0.4 is 5.73 Å². The minimum absolute atomic E-state index is 0.117. The van der Waals surface area contributed by atoms with Crippen LogP contribution in [0.4, 0.5) is 0 Å². The van der Waals surface area contributed by atoms with Crippen molar-refractivity contribution < 1.29 is 47.5 Å². The maximum Gasteiger partial charge on any atom is 0.472 e. The van der Waals surface area contributed by atoms with Gasteiger partial charge in [-0.2, -0.15) is 0 Å². The van der Waals surface area contributed by atoms with Gasteiger partial charge in [-0.1, -0.05) is 134 Å². The minimum atomic E-state index is -4.72. The van der Waals surface area contributed by atoms with Gasteiger partial charge in [-0.3, -0.25) is 23.4 Å². The fraction of sp³-hybridized carbons (Fsp3) is 0.786. The van der Waals surface area contributed by atoms with Crippen LogP contribution in [0, 0.1) is 0 Å². The molecule has 0 saturated carbocycles. The first kappa shape index (κ1) is 51.7. The maximum atomic E-state index is 12.6. The Bertz CT molecular complexity index is 1060. The van der Waals surface area contributed by atoms with Crippen LogP contribution in [0.15, 0.2) is 36.5 Å². The van der Waals surface area contributed by atoms with Gasteiger partial charge < -0.3 is 25.2 Å². The third kappa shape index (κ3) is 36.7. The molecule has 0 spiro atoms. The van der Waals surface area contributed by atoms with Crippen molar-refractivity contribution in [3.63, 3.8) is 0 Å². The van der Waals surface area contributed by atoms with Gasteiger partial charge in [0.2, 0.25) is 0 Å². The Morgan fingerprint density at radius 2 is 0.981 bits per heavy atom. The molecule has 0 amide bonds. The van der Waals surface area contributed by atoms with Crippen LogP contribution in [0.3, 0.4) is 0 Å². The van der Waals surface area contributed by atoms with Gasteiger partial charge >= 0.3 is 25.7 Å². The van der Waals surface area contributed by atoms with Crippen molar-refractivity contribution in [2.45, 2.75) is 193 Å². The van der Waals surface area contributed by atoms with E-state index in [1.165, 1.54) is 77.0 Å². The van der Waals surface area contributed by atoms with E-state index in [2.05, 4.69) is 54.8 Å². The highest BCUT2D eigenvalue weighted by molar-refractivity contribution is 7.47. The smallest absolute Gasteiger partial charge is 0.472 e. The number of phosphoric ester groups is 1. The molecular formula is C42H76NO10P. The van der Waals surface area contributed by atoms with Gasteiger partial charge in [-0.25, -0.2) is 4.57 Å². The molecule has 54 heavy (non-hydrogen) atoms. The molecule has 0 aromatic rings.